The first kappa shape index (κ1) is 10.3. The van der Waals surface area contributed by atoms with Gasteiger partial charge in [-0.2, -0.15) is 0 Å². The molecular formula is C9H19N3O. The first-order chi connectivity index (χ1) is 6.27. The van der Waals surface area contributed by atoms with Crippen LogP contribution in [-0.2, 0) is 0 Å². The monoisotopic (exact) mass is 185 g/mol. The van der Waals surface area contributed by atoms with E-state index in [4.69, 9.17) is 5.73 Å². The Hall–Kier alpha value is -0.770. The summed E-state index contributed by atoms with van der Waals surface area (Å²) in [5.74, 6) is 0.585. The Balaban J connectivity index is 2.37. The summed E-state index contributed by atoms with van der Waals surface area (Å²) in [5.41, 5.74) is 5.61. The molecule has 0 aromatic heterocycles. The Morgan fingerprint density at radius 1 is 1.54 bits per heavy atom. The van der Waals surface area contributed by atoms with E-state index in [0.717, 1.165) is 0 Å². The maximum Gasteiger partial charge on any atom is 0.314 e. The first-order valence-corrected chi connectivity index (χ1v) is 4.96. The van der Waals surface area contributed by atoms with Crippen LogP contribution in [0.2, 0.25) is 0 Å². The van der Waals surface area contributed by atoms with Crippen molar-refractivity contribution in [3.8, 4) is 0 Å². The summed E-state index contributed by atoms with van der Waals surface area (Å²) in [5, 5.41) is 5.43. The highest BCUT2D eigenvalue weighted by molar-refractivity contribution is 5.73. The average Bonchev–Trinajstić information content (AvgIpc) is 2.66. The molecule has 0 spiro atoms. The Labute approximate surface area is 79.3 Å². The van der Waals surface area contributed by atoms with E-state index in [1.165, 1.54) is 25.7 Å². The van der Waals surface area contributed by atoms with Crippen molar-refractivity contribution in [3.05, 3.63) is 0 Å². The fourth-order valence-corrected chi connectivity index (χ4v) is 1.97. The van der Waals surface area contributed by atoms with Crippen LogP contribution in [0.3, 0.4) is 0 Å². The predicted octanol–water partition coefficient (Wildman–Crippen LogP) is 0.433. The predicted molar refractivity (Wildman–Crippen MR) is 52.4 cm³/mol. The summed E-state index contributed by atoms with van der Waals surface area (Å²) in [6, 6.07) is 0.0322. The zero-order valence-electron chi connectivity index (χ0n) is 8.18. The Morgan fingerprint density at radius 3 is 2.62 bits per heavy atom. The highest BCUT2D eigenvalue weighted by Crippen LogP contribution is 2.27. The fraction of sp³-hybridized carbons (Fsp3) is 0.889. The number of hydrogen-bond donors (Lipinski definition) is 3. The first-order valence-electron chi connectivity index (χ1n) is 4.96. The van der Waals surface area contributed by atoms with E-state index >= 15 is 0 Å². The summed E-state index contributed by atoms with van der Waals surface area (Å²) >= 11 is 0. The van der Waals surface area contributed by atoms with Crippen LogP contribution < -0.4 is 16.4 Å². The minimum atomic E-state index is -0.123. The Bertz CT molecular complexity index is 166. The summed E-state index contributed by atoms with van der Waals surface area (Å²) in [4.78, 5) is 11.1. The number of nitrogens with two attached hydrogens (primary N) is 1. The van der Waals surface area contributed by atoms with Gasteiger partial charge in [0.25, 0.3) is 0 Å². The van der Waals surface area contributed by atoms with Gasteiger partial charge in [-0.3, -0.25) is 0 Å². The Kier molecular flexibility index (Phi) is 4.02. The third-order valence-corrected chi connectivity index (χ3v) is 2.77. The van der Waals surface area contributed by atoms with Crippen LogP contribution >= 0.6 is 0 Å². The second-order valence-electron chi connectivity index (χ2n) is 3.61. The molecule has 0 saturated heterocycles. The summed E-state index contributed by atoms with van der Waals surface area (Å²) in [6.07, 6.45) is 4.95. The molecular weight excluding hydrogens is 166 g/mol. The lowest BCUT2D eigenvalue weighted by Crippen LogP contribution is -2.47. The molecule has 0 aromatic carbocycles. The SMILES string of the molecule is CNC(=O)NC(CN)C1CCCC1. The van der Waals surface area contributed by atoms with Crippen molar-refractivity contribution in [1.29, 1.82) is 0 Å². The lowest BCUT2D eigenvalue weighted by Gasteiger charge is -2.22. The third-order valence-electron chi connectivity index (χ3n) is 2.77. The largest absolute Gasteiger partial charge is 0.341 e. The molecule has 1 aliphatic carbocycles. The highest BCUT2D eigenvalue weighted by atomic mass is 16.2. The van der Waals surface area contributed by atoms with E-state index in [0.29, 0.717) is 12.5 Å². The molecule has 4 N–H and O–H groups in total. The highest BCUT2D eigenvalue weighted by Gasteiger charge is 2.24. The summed E-state index contributed by atoms with van der Waals surface area (Å²) in [7, 11) is 1.62. The molecule has 1 atom stereocenters. The van der Waals surface area contributed by atoms with Crippen molar-refractivity contribution in [3.63, 3.8) is 0 Å². The van der Waals surface area contributed by atoms with Gasteiger partial charge in [0.15, 0.2) is 0 Å². The molecule has 0 bridgehead atoms. The van der Waals surface area contributed by atoms with E-state index < -0.39 is 0 Å². The van der Waals surface area contributed by atoms with Crippen LogP contribution in [0.15, 0.2) is 0 Å². The van der Waals surface area contributed by atoms with Crippen molar-refractivity contribution in [2.75, 3.05) is 13.6 Å². The standard InChI is InChI=1S/C9H19N3O/c1-11-9(13)12-8(6-10)7-4-2-3-5-7/h7-8H,2-6,10H2,1H3,(H2,11,12,13). The van der Waals surface area contributed by atoms with Crippen LogP contribution in [0, 0.1) is 5.92 Å². The maximum absolute atomic E-state index is 11.1. The molecule has 4 heteroatoms. The second-order valence-corrected chi connectivity index (χ2v) is 3.61. The molecule has 0 heterocycles. The molecule has 1 saturated carbocycles. The van der Waals surface area contributed by atoms with Crippen LogP contribution in [0.1, 0.15) is 25.7 Å². The zero-order chi connectivity index (χ0) is 9.68. The lowest BCUT2D eigenvalue weighted by atomic mass is 9.98. The van der Waals surface area contributed by atoms with Crippen molar-refractivity contribution in [2.24, 2.45) is 11.7 Å². The summed E-state index contributed by atoms with van der Waals surface area (Å²) in [6.45, 7) is 0.540. The van der Waals surface area contributed by atoms with Gasteiger partial charge in [0.05, 0.1) is 0 Å². The van der Waals surface area contributed by atoms with E-state index in [1.54, 1.807) is 7.05 Å². The number of carbonyl (C=O) groups is 1. The van der Waals surface area contributed by atoms with Gasteiger partial charge in [0.1, 0.15) is 0 Å². The number of urea groups is 1. The van der Waals surface area contributed by atoms with Gasteiger partial charge in [-0.05, 0) is 18.8 Å². The lowest BCUT2D eigenvalue weighted by molar-refractivity contribution is 0.233. The molecule has 0 aromatic rings. The van der Waals surface area contributed by atoms with E-state index in [1.807, 2.05) is 0 Å². The molecule has 4 nitrogen and oxygen atoms in total. The molecule has 0 aliphatic heterocycles. The van der Waals surface area contributed by atoms with Crippen LogP contribution in [0.4, 0.5) is 4.79 Å². The van der Waals surface area contributed by atoms with Crippen molar-refractivity contribution in [2.45, 2.75) is 31.7 Å². The van der Waals surface area contributed by atoms with Crippen molar-refractivity contribution < 1.29 is 4.79 Å². The number of amides is 2. The van der Waals surface area contributed by atoms with Gasteiger partial charge < -0.3 is 16.4 Å². The van der Waals surface area contributed by atoms with E-state index in [9.17, 15) is 4.79 Å². The van der Waals surface area contributed by atoms with E-state index in [-0.39, 0.29) is 12.1 Å². The van der Waals surface area contributed by atoms with Crippen molar-refractivity contribution in [1.82, 2.24) is 10.6 Å². The number of nitrogens with one attached hydrogen (secondary N) is 2. The molecule has 1 aliphatic rings. The van der Waals surface area contributed by atoms with Gasteiger partial charge in [-0.1, -0.05) is 12.8 Å². The topological polar surface area (TPSA) is 67.2 Å². The van der Waals surface area contributed by atoms with Crippen LogP contribution in [0.5, 0.6) is 0 Å². The van der Waals surface area contributed by atoms with Gasteiger partial charge in [0.2, 0.25) is 0 Å². The summed E-state index contributed by atoms with van der Waals surface area (Å²) < 4.78 is 0. The number of hydrogen-bond acceptors (Lipinski definition) is 2. The minimum absolute atomic E-state index is 0.123. The van der Waals surface area contributed by atoms with Gasteiger partial charge >= 0.3 is 6.03 Å². The van der Waals surface area contributed by atoms with Gasteiger partial charge in [0, 0.05) is 19.6 Å². The molecule has 0 radical (unpaired) electrons. The zero-order valence-corrected chi connectivity index (χ0v) is 8.18. The molecule has 1 rings (SSSR count). The molecule has 1 fully saturated rings. The van der Waals surface area contributed by atoms with Gasteiger partial charge in [-0.25, -0.2) is 4.79 Å². The van der Waals surface area contributed by atoms with Crippen molar-refractivity contribution >= 4 is 6.03 Å². The third kappa shape index (κ3) is 2.88. The average molecular weight is 185 g/mol. The van der Waals surface area contributed by atoms with Gasteiger partial charge in [-0.15, -0.1) is 0 Å². The number of rotatable bonds is 3. The minimum Gasteiger partial charge on any atom is -0.341 e. The molecule has 76 valence electrons. The normalized spacial score (nSPS) is 19.8. The maximum atomic E-state index is 11.1. The molecule has 2 amide bonds. The Morgan fingerprint density at radius 2 is 2.15 bits per heavy atom. The molecule has 1 unspecified atom stereocenters. The smallest absolute Gasteiger partial charge is 0.314 e. The fourth-order valence-electron chi connectivity index (χ4n) is 1.97. The van der Waals surface area contributed by atoms with Crippen LogP contribution in [-0.4, -0.2) is 25.7 Å². The second kappa shape index (κ2) is 5.07. The quantitative estimate of drug-likeness (QED) is 0.597. The number of carbonyl (C=O) groups excluding carboxylic acids is 1. The van der Waals surface area contributed by atoms with Crippen LogP contribution in [0.25, 0.3) is 0 Å². The van der Waals surface area contributed by atoms with E-state index in [2.05, 4.69) is 10.6 Å². The molecule has 13 heavy (non-hydrogen) atoms.